The van der Waals surface area contributed by atoms with E-state index in [2.05, 4.69) is 40.4 Å². The van der Waals surface area contributed by atoms with E-state index in [-0.39, 0.29) is 11.7 Å². The normalized spacial score (nSPS) is 18.1. The van der Waals surface area contributed by atoms with Crippen molar-refractivity contribution in [3.05, 3.63) is 82.4 Å². The highest BCUT2D eigenvalue weighted by Gasteiger charge is 2.47. The second-order valence-electron chi connectivity index (χ2n) is 10.6. The van der Waals surface area contributed by atoms with Crippen molar-refractivity contribution >= 4 is 33.9 Å². The Kier molecular flexibility index (Phi) is 6.28. The minimum Gasteiger partial charge on any atom is -0.492 e. The van der Waals surface area contributed by atoms with Gasteiger partial charge in [-0.25, -0.2) is 0 Å². The minimum absolute atomic E-state index is 0.0626. The molecule has 6 rings (SSSR count). The van der Waals surface area contributed by atoms with Gasteiger partial charge in [0.2, 0.25) is 0 Å². The largest absolute Gasteiger partial charge is 0.492 e. The van der Waals surface area contributed by atoms with Gasteiger partial charge in [-0.3, -0.25) is 19.5 Å². The molecule has 1 saturated carbocycles. The van der Waals surface area contributed by atoms with Crippen LogP contribution in [0.1, 0.15) is 57.3 Å². The third-order valence-corrected chi connectivity index (χ3v) is 9.15. The molecule has 1 N–H and O–H groups in total. The van der Waals surface area contributed by atoms with E-state index in [1.165, 1.54) is 11.3 Å². The smallest absolute Gasteiger partial charge is 0.252 e. The van der Waals surface area contributed by atoms with E-state index in [1.54, 1.807) is 13.1 Å². The topological polar surface area (TPSA) is 71.5 Å². The number of benzene rings is 2. The van der Waals surface area contributed by atoms with E-state index >= 15 is 0 Å². The Morgan fingerprint density at radius 2 is 2.00 bits per heavy atom. The number of nitrogens with zero attached hydrogens (tertiary/aromatic N) is 2. The molecule has 7 heteroatoms. The first-order valence-electron chi connectivity index (χ1n) is 13.1. The van der Waals surface area contributed by atoms with Gasteiger partial charge in [0, 0.05) is 28.1 Å². The number of hydrogen-bond acceptors (Lipinski definition) is 6. The highest BCUT2D eigenvalue weighted by Crippen LogP contribution is 2.49. The molecular formula is C31H31N3O3S. The summed E-state index contributed by atoms with van der Waals surface area (Å²) < 4.78 is 6.04. The number of thiophene rings is 1. The zero-order chi connectivity index (χ0) is 26.4. The number of fused-ring (bicyclic) bond motifs is 1. The summed E-state index contributed by atoms with van der Waals surface area (Å²) in [4.78, 5) is 34.2. The second-order valence-corrected chi connectivity index (χ2v) is 11.6. The number of aryl methyl sites for hydroxylation is 1. The number of carbonyl (C=O) groups is 2. The predicted molar refractivity (Wildman–Crippen MR) is 151 cm³/mol. The summed E-state index contributed by atoms with van der Waals surface area (Å²) in [5, 5.41) is 4.41. The predicted octanol–water partition coefficient (Wildman–Crippen LogP) is 5.98. The highest BCUT2D eigenvalue weighted by atomic mass is 32.1. The molecule has 0 spiro atoms. The van der Waals surface area contributed by atoms with Gasteiger partial charge < -0.3 is 10.1 Å². The summed E-state index contributed by atoms with van der Waals surface area (Å²) in [5.74, 6) is 0.692. The van der Waals surface area contributed by atoms with Crippen molar-refractivity contribution in [2.75, 3.05) is 20.2 Å². The Morgan fingerprint density at radius 3 is 2.68 bits per heavy atom. The van der Waals surface area contributed by atoms with Crippen LogP contribution in [0.2, 0.25) is 0 Å². The molecule has 6 nitrogen and oxygen atoms in total. The third-order valence-electron chi connectivity index (χ3n) is 7.91. The van der Waals surface area contributed by atoms with Crippen LogP contribution in [-0.4, -0.2) is 47.8 Å². The minimum atomic E-state index is -0.451. The Bertz CT molecular complexity index is 1560. The summed E-state index contributed by atoms with van der Waals surface area (Å²) >= 11 is 1.49. The van der Waals surface area contributed by atoms with E-state index in [0.29, 0.717) is 18.2 Å². The zero-order valence-corrected chi connectivity index (χ0v) is 22.7. The van der Waals surface area contributed by atoms with Crippen molar-refractivity contribution in [1.82, 2.24) is 15.2 Å². The lowest BCUT2D eigenvalue weighted by Crippen LogP contribution is -2.48. The maximum Gasteiger partial charge on any atom is 0.252 e. The summed E-state index contributed by atoms with van der Waals surface area (Å²) in [7, 11) is 2.11. The first-order valence-corrected chi connectivity index (χ1v) is 13.9. The number of hydrogen-bond donors (Lipinski definition) is 1. The Hall–Kier alpha value is -3.55. The Labute approximate surface area is 226 Å². The first kappa shape index (κ1) is 24.8. The average Bonchev–Trinajstić information content (AvgIpc) is 3.50. The molecule has 38 heavy (non-hydrogen) atoms. The number of amides is 1. The number of carbonyl (C=O) groups excluding carboxylic acids is 2. The van der Waals surface area contributed by atoms with Crippen molar-refractivity contribution in [3.63, 3.8) is 0 Å². The van der Waals surface area contributed by atoms with Crippen molar-refractivity contribution < 1.29 is 14.3 Å². The van der Waals surface area contributed by atoms with Crippen LogP contribution in [0.15, 0.2) is 60.8 Å². The third kappa shape index (κ3) is 4.61. The standard InChI is InChI=1S/C31H31N3O3S/c1-19-6-7-23(37-18-22-10-14-34(22)3)17-25(19)30(36)33-31(11-12-31)26-15-21(16-27-24(26)5-4-13-32-27)29-9-8-28(38-29)20(2)35/h4-9,13,15-17,22H,10-12,14,18H2,1-3H3,(H,33,36). The number of likely N-dealkylation sites (N-methyl/N-ethyl adjacent to an activating group) is 1. The number of nitrogens with one attached hydrogen (secondary N) is 1. The van der Waals surface area contributed by atoms with Crippen molar-refractivity contribution in [2.24, 2.45) is 0 Å². The quantitative estimate of drug-likeness (QED) is 0.287. The summed E-state index contributed by atoms with van der Waals surface area (Å²) in [6.07, 6.45) is 4.65. The molecule has 1 amide bonds. The summed E-state index contributed by atoms with van der Waals surface area (Å²) in [6.45, 7) is 5.28. The second kappa shape index (κ2) is 9.64. The van der Waals surface area contributed by atoms with E-state index < -0.39 is 5.54 Å². The fourth-order valence-electron chi connectivity index (χ4n) is 5.18. The monoisotopic (exact) mass is 525 g/mol. The molecule has 194 valence electrons. The van der Waals surface area contributed by atoms with Gasteiger partial charge in [0.05, 0.1) is 15.9 Å². The number of rotatable bonds is 8. The van der Waals surface area contributed by atoms with Crippen molar-refractivity contribution in [3.8, 4) is 16.2 Å². The van der Waals surface area contributed by atoms with Crippen molar-refractivity contribution in [2.45, 2.75) is 44.7 Å². The molecule has 1 atom stereocenters. The van der Waals surface area contributed by atoms with Gasteiger partial charge >= 0.3 is 0 Å². The van der Waals surface area contributed by atoms with Gasteiger partial charge in [-0.15, -0.1) is 11.3 Å². The zero-order valence-electron chi connectivity index (χ0n) is 21.9. The molecule has 1 aliphatic heterocycles. The van der Waals surface area contributed by atoms with Crippen LogP contribution < -0.4 is 10.1 Å². The van der Waals surface area contributed by atoms with Crippen LogP contribution in [0.3, 0.4) is 0 Å². The van der Waals surface area contributed by atoms with Crippen LogP contribution in [0.4, 0.5) is 0 Å². The molecule has 1 aliphatic carbocycles. The maximum absolute atomic E-state index is 13.6. The molecule has 4 aromatic rings. The van der Waals surface area contributed by atoms with Gasteiger partial charge in [-0.05, 0) is 106 Å². The number of ether oxygens (including phenoxy) is 1. The van der Waals surface area contributed by atoms with E-state index in [0.717, 1.165) is 68.9 Å². The number of pyridine rings is 1. The number of Topliss-reactive ketones (excluding diaryl/α,β-unsaturated/α-hetero) is 1. The molecular weight excluding hydrogens is 494 g/mol. The molecule has 2 fully saturated rings. The molecule has 0 radical (unpaired) electrons. The lowest BCUT2D eigenvalue weighted by molar-refractivity contribution is 0.0767. The molecule has 1 unspecified atom stereocenters. The molecule has 2 aromatic heterocycles. The van der Waals surface area contributed by atoms with E-state index in [1.807, 2.05) is 43.3 Å². The molecule has 3 heterocycles. The van der Waals surface area contributed by atoms with Gasteiger partial charge in [-0.1, -0.05) is 12.1 Å². The maximum atomic E-state index is 13.6. The Morgan fingerprint density at radius 1 is 1.16 bits per heavy atom. The van der Waals surface area contributed by atoms with Gasteiger partial charge in [0.15, 0.2) is 5.78 Å². The molecule has 0 bridgehead atoms. The van der Waals surface area contributed by atoms with Crippen LogP contribution in [-0.2, 0) is 5.54 Å². The van der Waals surface area contributed by atoms with E-state index in [4.69, 9.17) is 4.74 Å². The van der Waals surface area contributed by atoms with Crippen molar-refractivity contribution in [1.29, 1.82) is 0 Å². The van der Waals surface area contributed by atoms with Gasteiger partial charge in [0.25, 0.3) is 5.91 Å². The van der Waals surface area contributed by atoms with Crippen LogP contribution in [0.25, 0.3) is 21.3 Å². The number of aromatic nitrogens is 1. The lowest BCUT2D eigenvalue weighted by atomic mass is 9.95. The number of ketones is 1. The average molecular weight is 526 g/mol. The Balaban J connectivity index is 1.30. The SMILES string of the molecule is CC(=O)c1ccc(-c2cc(C3(NC(=O)c4cc(OCC5CCN5C)ccc4C)CC3)c3cccnc3c2)s1. The van der Waals surface area contributed by atoms with E-state index in [9.17, 15) is 9.59 Å². The first-order chi connectivity index (χ1) is 18.3. The molecule has 1 saturated heterocycles. The summed E-state index contributed by atoms with van der Waals surface area (Å²) in [6, 6.07) is 18.3. The molecule has 2 aliphatic rings. The van der Waals surface area contributed by atoms with Gasteiger partial charge in [0.1, 0.15) is 12.4 Å². The van der Waals surface area contributed by atoms with Gasteiger partial charge in [-0.2, -0.15) is 0 Å². The molecule has 2 aromatic carbocycles. The van der Waals surface area contributed by atoms with Crippen LogP contribution >= 0.6 is 11.3 Å². The lowest BCUT2D eigenvalue weighted by Gasteiger charge is -2.37. The number of likely N-dealkylation sites (tertiary alicyclic amines) is 1. The van der Waals surface area contributed by atoms with Crippen LogP contribution in [0.5, 0.6) is 5.75 Å². The fourth-order valence-corrected chi connectivity index (χ4v) is 6.07. The summed E-state index contributed by atoms with van der Waals surface area (Å²) in [5.41, 5.74) is 4.07. The van der Waals surface area contributed by atoms with Crippen LogP contribution in [0, 0.1) is 6.92 Å². The highest BCUT2D eigenvalue weighted by molar-refractivity contribution is 7.17. The fraction of sp³-hybridized carbons (Fsp3) is 0.323.